The van der Waals surface area contributed by atoms with Crippen molar-refractivity contribution in [3.63, 3.8) is 0 Å². The summed E-state index contributed by atoms with van der Waals surface area (Å²) < 4.78 is 65.8. The molecule has 0 saturated carbocycles. The van der Waals surface area contributed by atoms with Crippen molar-refractivity contribution in [3.05, 3.63) is 53.3 Å². The molecule has 2 aromatic carbocycles. The van der Waals surface area contributed by atoms with Crippen LogP contribution in [0.5, 0.6) is 5.75 Å². The van der Waals surface area contributed by atoms with Gasteiger partial charge in [-0.05, 0) is 56.4 Å². The third kappa shape index (κ3) is 5.25. The number of benzene rings is 2. The van der Waals surface area contributed by atoms with Gasteiger partial charge in [0.2, 0.25) is 0 Å². The molecule has 2 saturated heterocycles. The van der Waals surface area contributed by atoms with Crippen molar-refractivity contribution in [2.45, 2.75) is 51.6 Å². The lowest BCUT2D eigenvalue weighted by Gasteiger charge is -2.29. The maximum atomic E-state index is 14.9. The summed E-state index contributed by atoms with van der Waals surface area (Å²) in [6.45, 7) is 7.18. The van der Waals surface area contributed by atoms with Crippen LogP contribution in [-0.4, -0.2) is 47.1 Å². The minimum absolute atomic E-state index is 0.0734. The van der Waals surface area contributed by atoms with Gasteiger partial charge in [0.15, 0.2) is 22.8 Å². The van der Waals surface area contributed by atoms with Crippen LogP contribution in [0.2, 0.25) is 0 Å². The number of rotatable bonds is 4. The first-order valence-electron chi connectivity index (χ1n) is 11.4. The molecule has 2 atom stereocenters. The van der Waals surface area contributed by atoms with Crippen LogP contribution in [0, 0.1) is 17.1 Å². The van der Waals surface area contributed by atoms with Crippen LogP contribution in [0.3, 0.4) is 0 Å². The SMILES string of the molecule is CC.CC1(C)C(=O)N(c2ccc(C#N)c(C(F)(F)F)c2)C(=S)N1c1ccc(OC2COCC2O)c(F)c1. The number of nitrogens with zero attached hydrogens (tertiary/aromatic N) is 3. The van der Waals surface area contributed by atoms with Crippen LogP contribution < -0.4 is 14.5 Å². The van der Waals surface area contributed by atoms with Crippen molar-refractivity contribution in [1.82, 2.24) is 0 Å². The second-order valence-corrected chi connectivity index (χ2v) is 8.90. The van der Waals surface area contributed by atoms with E-state index in [2.05, 4.69) is 0 Å². The van der Waals surface area contributed by atoms with Crippen LogP contribution in [0.4, 0.5) is 28.9 Å². The minimum atomic E-state index is -4.82. The Morgan fingerprint density at radius 2 is 1.81 bits per heavy atom. The Hall–Kier alpha value is -3.27. The first-order valence-corrected chi connectivity index (χ1v) is 11.8. The molecule has 7 nitrogen and oxygen atoms in total. The standard InChI is InChI=1S/C23H19F4N3O4S.C2H6/c1-22(2)20(32)29(13-4-3-12(9-28)15(7-13)23(25,26)27)21(35)30(22)14-5-6-18(16(24)8-14)34-19-11-33-10-17(19)31;1-2/h3-8,17,19,31H,10-11H2,1-2H3;1-2H3. The quantitative estimate of drug-likeness (QED) is 0.441. The summed E-state index contributed by atoms with van der Waals surface area (Å²) in [6.07, 6.45) is -6.47. The second kappa shape index (κ2) is 10.6. The largest absolute Gasteiger partial charge is 0.482 e. The molecule has 2 aliphatic rings. The van der Waals surface area contributed by atoms with Gasteiger partial charge in [0.05, 0.1) is 36.1 Å². The Bertz CT molecular complexity index is 1250. The maximum Gasteiger partial charge on any atom is 0.417 e. The minimum Gasteiger partial charge on any atom is -0.482 e. The van der Waals surface area contributed by atoms with Crippen LogP contribution in [0.25, 0.3) is 0 Å². The molecule has 2 heterocycles. The number of thiocarbonyl (C=S) groups is 1. The molecule has 0 bridgehead atoms. The highest BCUT2D eigenvalue weighted by Gasteiger charge is 2.51. The third-order valence-corrected chi connectivity index (χ3v) is 6.17. The highest BCUT2D eigenvalue weighted by Crippen LogP contribution is 2.40. The zero-order valence-electron chi connectivity index (χ0n) is 20.5. The number of hydrogen-bond acceptors (Lipinski definition) is 6. The number of alkyl halides is 3. The number of aliphatic hydroxyl groups is 1. The van der Waals surface area contributed by atoms with Gasteiger partial charge >= 0.3 is 6.18 Å². The molecular formula is C25H25F4N3O4S. The fourth-order valence-corrected chi connectivity index (χ4v) is 4.50. The number of carbonyl (C=O) groups is 1. The molecule has 1 N–H and O–H groups in total. The Labute approximate surface area is 216 Å². The van der Waals surface area contributed by atoms with Crippen molar-refractivity contribution in [3.8, 4) is 11.8 Å². The average Bonchev–Trinajstić information content (AvgIpc) is 3.32. The first kappa shape index (κ1) is 28.3. The summed E-state index contributed by atoms with van der Waals surface area (Å²) in [5.41, 5.74) is -3.15. The zero-order valence-corrected chi connectivity index (χ0v) is 21.3. The number of aliphatic hydroxyl groups excluding tert-OH is 1. The topological polar surface area (TPSA) is 86.0 Å². The summed E-state index contributed by atoms with van der Waals surface area (Å²) in [4.78, 5) is 15.5. The number of carbonyl (C=O) groups excluding carboxylic acids is 1. The maximum absolute atomic E-state index is 14.9. The molecule has 1 amide bonds. The molecule has 0 spiro atoms. The lowest BCUT2D eigenvalue weighted by molar-refractivity contribution is -0.137. The molecule has 37 heavy (non-hydrogen) atoms. The van der Waals surface area contributed by atoms with Crippen molar-refractivity contribution in [2.24, 2.45) is 0 Å². The lowest BCUT2D eigenvalue weighted by atomic mass is 10.0. The molecule has 4 rings (SSSR count). The number of amides is 1. The van der Waals surface area contributed by atoms with E-state index in [1.807, 2.05) is 13.8 Å². The predicted octanol–water partition coefficient (Wildman–Crippen LogP) is 4.80. The van der Waals surface area contributed by atoms with Gasteiger partial charge in [0.25, 0.3) is 5.91 Å². The molecule has 2 aromatic rings. The monoisotopic (exact) mass is 539 g/mol. The van der Waals surface area contributed by atoms with Crippen LogP contribution in [0.15, 0.2) is 36.4 Å². The molecule has 0 aromatic heterocycles. The number of ether oxygens (including phenoxy) is 2. The average molecular weight is 540 g/mol. The van der Waals surface area contributed by atoms with E-state index in [0.717, 1.165) is 17.0 Å². The lowest BCUT2D eigenvalue weighted by Crippen LogP contribution is -2.44. The van der Waals surface area contributed by atoms with Gasteiger partial charge in [-0.15, -0.1) is 0 Å². The summed E-state index contributed by atoms with van der Waals surface area (Å²) in [7, 11) is 0. The van der Waals surface area contributed by atoms with Crippen molar-refractivity contribution >= 4 is 34.6 Å². The van der Waals surface area contributed by atoms with E-state index in [1.54, 1.807) is 0 Å². The molecule has 0 aliphatic carbocycles. The van der Waals surface area contributed by atoms with E-state index in [-0.39, 0.29) is 35.5 Å². The molecule has 2 fully saturated rings. The first-order chi connectivity index (χ1) is 17.4. The van der Waals surface area contributed by atoms with Crippen molar-refractivity contribution in [1.29, 1.82) is 5.26 Å². The van der Waals surface area contributed by atoms with Crippen LogP contribution >= 0.6 is 12.2 Å². The second-order valence-electron chi connectivity index (χ2n) is 8.53. The normalized spacial score (nSPS) is 21.0. The summed E-state index contributed by atoms with van der Waals surface area (Å²) in [5, 5.41) is 18.7. The molecule has 2 unspecified atom stereocenters. The summed E-state index contributed by atoms with van der Waals surface area (Å²) in [6, 6.07) is 8.19. The van der Waals surface area contributed by atoms with Crippen molar-refractivity contribution in [2.75, 3.05) is 23.0 Å². The summed E-state index contributed by atoms with van der Waals surface area (Å²) in [5.74, 6) is -1.56. The van der Waals surface area contributed by atoms with E-state index >= 15 is 0 Å². The Morgan fingerprint density at radius 1 is 1.16 bits per heavy atom. The van der Waals surface area contributed by atoms with Gasteiger partial charge < -0.3 is 19.5 Å². The third-order valence-electron chi connectivity index (χ3n) is 5.81. The van der Waals surface area contributed by atoms with E-state index < -0.39 is 46.8 Å². The zero-order chi connectivity index (χ0) is 27.7. The molecule has 12 heteroatoms. The van der Waals surface area contributed by atoms with E-state index in [9.17, 15) is 27.5 Å². The highest BCUT2D eigenvalue weighted by molar-refractivity contribution is 7.81. The van der Waals surface area contributed by atoms with Gasteiger partial charge in [-0.1, -0.05) is 13.8 Å². The van der Waals surface area contributed by atoms with Gasteiger partial charge in [-0.25, -0.2) is 4.39 Å². The number of halogens is 4. The number of anilines is 2. The van der Waals surface area contributed by atoms with Gasteiger partial charge in [-0.3, -0.25) is 9.69 Å². The van der Waals surface area contributed by atoms with Crippen LogP contribution in [-0.2, 0) is 15.7 Å². The van der Waals surface area contributed by atoms with Gasteiger partial charge in [-0.2, -0.15) is 18.4 Å². The van der Waals surface area contributed by atoms with Gasteiger partial charge in [0, 0.05) is 11.8 Å². The molecule has 0 radical (unpaired) electrons. The Morgan fingerprint density at radius 3 is 2.35 bits per heavy atom. The molecule has 198 valence electrons. The molecular weight excluding hydrogens is 514 g/mol. The number of nitriles is 1. The van der Waals surface area contributed by atoms with Gasteiger partial charge in [0.1, 0.15) is 11.6 Å². The Balaban J connectivity index is 0.00000186. The van der Waals surface area contributed by atoms with E-state index in [1.165, 1.54) is 43.0 Å². The van der Waals surface area contributed by atoms with E-state index in [4.69, 9.17) is 27.0 Å². The smallest absolute Gasteiger partial charge is 0.417 e. The van der Waals surface area contributed by atoms with Crippen LogP contribution in [0.1, 0.15) is 38.8 Å². The Kier molecular flexibility index (Phi) is 8.12. The molecule has 2 aliphatic heterocycles. The highest BCUT2D eigenvalue weighted by atomic mass is 32.1. The predicted molar refractivity (Wildman–Crippen MR) is 132 cm³/mol. The summed E-state index contributed by atoms with van der Waals surface area (Å²) >= 11 is 5.44. The fraction of sp³-hybridized carbons (Fsp3) is 0.400. The number of hydrogen-bond donors (Lipinski definition) is 1. The fourth-order valence-electron chi connectivity index (χ4n) is 3.98. The van der Waals surface area contributed by atoms with Crippen molar-refractivity contribution < 1.29 is 36.9 Å². The van der Waals surface area contributed by atoms with E-state index in [0.29, 0.717) is 6.07 Å².